The number of carbonyl (C=O) groups is 1. The fraction of sp³-hybridized carbons (Fsp3) is 0.409. The van der Waals surface area contributed by atoms with Crippen LogP contribution < -0.4 is 5.32 Å². The highest BCUT2D eigenvalue weighted by Gasteiger charge is 2.40. The molecule has 1 aliphatic heterocycles. The first-order valence-corrected chi connectivity index (χ1v) is 11.1. The molecule has 1 heterocycles. The Kier molecular flexibility index (Phi) is 5.91. The van der Waals surface area contributed by atoms with Crippen molar-refractivity contribution in [3.05, 3.63) is 65.2 Å². The summed E-state index contributed by atoms with van der Waals surface area (Å²) in [5.74, 6) is -0.0108. The van der Waals surface area contributed by atoms with Gasteiger partial charge in [-0.25, -0.2) is 8.42 Å². The standard InChI is InChI=1S/C22H28N2O3S/c1-17-7-6-10-20(15-17)28(26,27)24-13-11-22(3,12-14-24)21(25)23-16-19-9-5-4-8-18(19)2/h4-10,15H,11-14,16H2,1-3H3,(H,23,25). The van der Waals surface area contributed by atoms with E-state index in [2.05, 4.69) is 5.32 Å². The highest BCUT2D eigenvalue weighted by atomic mass is 32.2. The number of rotatable bonds is 5. The average Bonchev–Trinajstić information content (AvgIpc) is 2.67. The van der Waals surface area contributed by atoms with Crippen LogP contribution in [-0.2, 0) is 21.4 Å². The van der Waals surface area contributed by atoms with Gasteiger partial charge in [-0.05, 0) is 55.5 Å². The fourth-order valence-electron chi connectivity index (χ4n) is 3.57. The molecular weight excluding hydrogens is 372 g/mol. The summed E-state index contributed by atoms with van der Waals surface area (Å²) in [4.78, 5) is 13.1. The molecule has 1 saturated heterocycles. The number of nitrogens with zero attached hydrogens (tertiary/aromatic N) is 1. The van der Waals surface area contributed by atoms with Crippen LogP contribution in [0.1, 0.15) is 36.5 Å². The molecule has 28 heavy (non-hydrogen) atoms. The number of nitrogens with one attached hydrogen (secondary N) is 1. The van der Waals surface area contributed by atoms with E-state index in [0.717, 1.165) is 16.7 Å². The van der Waals surface area contributed by atoms with Gasteiger partial charge < -0.3 is 5.32 Å². The molecule has 0 radical (unpaired) electrons. The van der Waals surface area contributed by atoms with Crippen molar-refractivity contribution in [3.8, 4) is 0 Å². The van der Waals surface area contributed by atoms with Crippen molar-refractivity contribution in [1.29, 1.82) is 0 Å². The molecule has 0 aliphatic carbocycles. The third-order valence-corrected chi connectivity index (χ3v) is 7.60. The maximum absolute atomic E-state index is 12.9. The van der Waals surface area contributed by atoms with Crippen LogP contribution in [-0.4, -0.2) is 31.7 Å². The van der Waals surface area contributed by atoms with Crippen molar-refractivity contribution in [2.24, 2.45) is 5.41 Å². The number of hydrogen-bond donors (Lipinski definition) is 1. The Labute approximate surface area is 167 Å². The van der Waals surface area contributed by atoms with Gasteiger partial charge in [0.05, 0.1) is 4.90 Å². The molecule has 0 unspecified atom stereocenters. The van der Waals surface area contributed by atoms with Crippen molar-refractivity contribution >= 4 is 15.9 Å². The number of hydrogen-bond acceptors (Lipinski definition) is 3. The van der Waals surface area contributed by atoms with E-state index in [1.165, 1.54) is 4.31 Å². The molecule has 5 nitrogen and oxygen atoms in total. The number of aryl methyl sites for hydroxylation is 2. The average molecular weight is 401 g/mol. The van der Waals surface area contributed by atoms with E-state index in [-0.39, 0.29) is 5.91 Å². The summed E-state index contributed by atoms with van der Waals surface area (Å²) in [6, 6.07) is 14.9. The van der Waals surface area contributed by atoms with E-state index in [9.17, 15) is 13.2 Å². The van der Waals surface area contributed by atoms with Gasteiger partial charge in [0.25, 0.3) is 0 Å². The van der Waals surface area contributed by atoms with Crippen molar-refractivity contribution in [2.75, 3.05) is 13.1 Å². The Balaban J connectivity index is 1.63. The van der Waals surface area contributed by atoms with Gasteiger partial charge in [0.2, 0.25) is 15.9 Å². The minimum atomic E-state index is -3.52. The number of benzene rings is 2. The van der Waals surface area contributed by atoms with Crippen LogP contribution in [0.15, 0.2) is 53.4 Å². The Morgan fingerprint density at radius 1 is 1.07 bits per heavy atom. The highest BCUT2D eigenvalue weighted by Crippen LogP contribution is 2.33. The van der Waals surface area contributed by atoms with E-state index in [1.54, 1.807) is 18.2 Å². The lowest BCUT2D eigenvalue weighted by Crippen LogP contribution is -2.48. The molecule has 1 N–H and O–H groups in total. The second-order valence-electron chi connectivity index (χ2n) is 7.89. The summed E-state index contributed by atoms with van der Waals surface area (Å²) < 4.78 is 27.3. The van der Waals surface area contributed by atoms with Gasteiger partial charge in [0.15, 0.2) is 0 Å². The molecule has 1 aliphatic rings. The summed E-state index contributed by atoms with van der Waals surface area (Å²) in [6.45, 7) is 7.03. The van der Waals surface area contributed by atoms with Gasteiger partial charge in [-0.2, -0.15) is 4.31 Å². The Morgan fingerprint density at radius 2 is 1.75 bits per heavy atom. The monoisotopic (exact) mass is 400 g/mol. The molecule has 0 atom stereocenters. The summed E-state index contributed by atoms with van der Waals surface area (Å²) in [5, 5.41) is 3.04. The third kappa shape index (κ3) is 4.28. The zero-order valence-electron chi connectivity index (χ0n) is 16.7. The maximum atomic E-state index is 12.9. The van der Waals surface area contributed by atoms with Crippen LogP contribution in [0.3, 0.4) is 0 Å². The molecular formula is C22H28N2O3S. The molecule has 2 aromatic rings. The number of amides is 1. The lowest BCUT2D eigenvalue weighted by atomic mass is 9.80. The fourth-order valence-corrected chi connectivity index (χ4v) is 5.12. The van der Waals surface area contributed by atoms with Gasteiger partial charge in [0, 0.05) is 25.0 Å². The zero-order chi connectivity index (χ0) is 20.4. The zero-order valence-corrected chi connectivity index (χ0v) is 17.6. The van der Waals surface area contributed by atoms with Crippen molar-refractivity contribution in [3.63, 3.8) is 0 Å². The van der Waals surface area contributed by atoms with Crippen molar-refractivity contribution in [2.45, 2.75) is 45.1 Å². The van der Waals surface area contributed by atoms with E-state index in [4.69, 9.17) is 0 Å². The lowest BCUT2D eigenvalue weighted by Gasteiger charge is -2.37. The Bertz CT molecular complexity index is 961. The molecule has 150 valence electrons. The summed E-state index contributed by atoms with van der Waals surface area (Å²) in [6.07, 6.45) is 1.02. The molecule has 6 heteroatoms. The van der Waals surface area contributed by atoms with E-state index >= 15 is 0 Å². The smallest absolute Gasteiger partial charge is 0.243 e. The van der Waals surface area contributed by atoms with Gasteiger partial charge in [-0.3, -0.25) is 4.79 Å². The molecule has 2 aromatic carbocycles. The van der Waals surface area contributed by atoms with Crippen LogP contribution >= 0.6 is 0 Å². The number of carbonyl (C=O) groups excluding carboxylic acids is 1. The third-order valence-electron chi connectivity index (χ3n) is 5.70. The summed E-state index contributed by atoms with van der Waals surface area (Å²) >= 11 is 0. The van der Waals surface area contributed by atoms with Gasteiger partial charge in [-0.1, -0.05) is 43.3 Å². The van der Waals surface area contributed by atoms with Crippen molar-refractivity contribution < 1.29 is 13.2 Å². The molecule has 1 amide bonds. The van der Waals surface area contributed by atoms with Crippen LogP contribution in [0.5, 0.6) is 0 Å². The topological polar surface area (TPSA) is 66.5 Å². The lowest BCUT2D eigenvalue weighted by molar-refractivity contribution is -0.132. The van der Waals surface area contributed by atoms with E-state index in [0.29, 0.717) is 37.4 Å². The van der Waals surface area contributed by atoms with Crippen LogP contribution in [0.25, 0.3) is 0 Å². The Hall–Kier alpha value is -2.18. The molecule has 0 spiro atoms. The first kappa shape index (κ1) is 20.6. The number of piperidine rings is 1. The van der Waals surface area contributed by atoms with Gasteiger partial charge in [0.1, 0.15) is 0 Å². The molecule has 0 aromatic heterocycles. The normalized spacial score (nSPS) is 17.2. The van der Waals surface area contributed by atoms with Gasteiger partial charge >= 0.3 is 0 Å². The highest BCUT2D eigenvalue weighted by molar-refractivity contribution is 7.89. The van der Waals surface area contributed by atoms with E-state index < -0.39 is 15.4 Å². The van der Waals surface area contributed by atoms with Gasteiger partial charge in [-0.15, -0.1) is 0 Å². The first-order valence-electron chi connectivity index (χ1n) is 9.62. The Morgan fingerprint density at radius 3 is 2.39 bits per heavy atom. The predicted octanol–water partition coefficient (Wildman–Crippen LogP) is 3.41. The van der Waals surface area contributed by atoms with Crippen molar-refractivity contribution in [1.82, 2.24) is 9.62 Å². The molecule has 1 fully saturated rings. The van der Waals surface area contributed by atoms with Crippen LogP contribution in [0, 0.1) is 19.3 Å². The molecule has 3 rings (SSSR count). The largest absolute Gasteiger partial charge is 0.352 e. The minimum Gasteiger partial charge on any atom is -0.352 e. The summed E-state index contributed by atoms with van der Waals surface area (Å²) in [7, 11) is -3.52. The maximum Gasteiger partial charge on any atom is 0.243 e. The van der Waals surface area contributed by atoms with E-state index in [1.807, 2.05) is 51.1 Å². The molecule has 0 saturated carbocycles. The second-order valence-corrected chi connectivity index (χ2v) is 9.83. The molecule has 0 bridgehead atoms. The van der Waals surface area contributed by atoms with Crippen LogP contribution in [0.4, 0.5) is 0 Å². The van der Waals surface area contributed by atoms with Crippen LogP contribution in [0.2, 0.25) is 0 Å². The SMILES string of the molecule is Cc1cccc(S(=O)(=O)N2CCC(C)(C(=O)NCc3ccccc3C)CC2)c1. The number of sulfonamides is 1. The minimum absolute atomic E-state index is 0.0108. The predicted molar refractivity (Wildman–Crippen MR) is 110 cm³/mol. The summed E-state index contributed by atoms with van der Waals surface area (Å²) in [5.41, 5.74) is 2.60. The quantitative estimate of drug-likeness (QED) is 0.836. The second kappa shape index (κ2) is 8.05. The first-order chi connectivity index (χ1) is 13.2.